The lowest BCUT2D eigenvalue weighted by Gasteiger charge is -2.18. The first-order chi connectivity index (χ1) is 8.62. The third-order valence-corrected chi connectivity index (χ3v) is 2.32. The van der Waals surface area contributed by atoms with Gasteiger partial charge in [0.25, 0.3) is 0 Å². The summed E-state index contributed by atoms with van der Waals surface area (Å²) in [6, 6.07) is 6.71. The molecule has 0 amide bonds. The number of hydrogen-bond donors (Lipinski definition) is 1. The molecule has 0 radical (unpaired) electrons. The first-order valence-electron chi connectivity index (χ1n) is 5.35. The molecule has 0 bridgehead atoms. The fourth-order valence-electron chi connectivity index (χ4n) is 1.43. The molecule has 1 aromatic heterocycles. The topological polar surface area (TPSA) is 101 Å². The third-order valence-electron chi connectivity index (χ3n) is 2.32. The molecular formula is C12H12N4O2. The van der Waals surface area contributed by atoms with Crippen LogP contribution in [-0.2, 0) is 6.42 Å². The number of hydrogen-bond acceptors (Lipinski definition) is 5. The van der Waals surface area contributed by atoms with Gasteiger partial charge in [-0.05, 0) is 18.6 Å². The maximum Gasteiger partial charge on any atom is 0.335 e. The highest BCUT2D eigenvalue weighted by atomic mass is 16.4. The summed E-state index contributed by atoms with van der Waals surface area (Å²) in [7, 11) is 0. The molecule has 0 aliphatic rings. The average molecular weight is 244 g/mol. The van der Waals surface area contributed by atoms with E-state index in [1.807, 2.05) is 19.1 Å². The Labute approximate surface area is 105 Å². The Morgan fingerprint density at radius 1 is 1.39 bits per heavy atom. The van der Waals surface area contributed by atoms with Crippen molar-refractivity contribution < 1.29 is 9.90 Å². The SMILES string of the molecule is CCc1cc(C(=O)O)cc(N(CC#N)CC#N)n1. The molecule has 0 fully saturated rings. The highest BCUT2D eigenvalue weighted by molar-refractivity contribution is 5.88. The number of nitriles is 2. The van der Waals surface area contributed by atoms with Crippen molar-refractivity contribution in [1.29, 1.82) is 10.5 Å². The predicted octanol–water partition coefficient (Wildman–Crippen LogP) is 1.20. The van der Waals surface area contributed by atoms with Crippen LogP contribution >= 0.6 is 0 Å². The fourth-order valence-corrected chi connectivity index (χ4v) is 1.43. The molecule has 0 aliphatic heterocycles. The van der Waals surface area contributed by atoms with Gasteiger partial charge in [0, 0.05) is 5.69 Å². The number of aromatic carboxylic acids is 1. The van der Waals surface area contributed by atoms with Crippen molar-refractivity contribution in [3.8, 4) is 12.1 Å². The summed E-state index contributed by atoms with van der Waals surface area (Å²) in [4.78, 5) is 16.7. The van der Waals surface area contributed by atoms with E-state index in [9.17, 15) is 4.79 Å². The number of aromatic nitrogens is 1. The molecule has 0 aliphatic carbocycles. The van der Waals surface area contributed by atoms with E-state index in [1.165, 1.54) is 17.0 Å². The van der Waals surface area contributed by atoms with E-state index < -0.39 is 5.97 Å². The number of carbonyl (C=O) groups is 1. The minimum absolute atomic E-state index is 0.00716. The Hall–Kier alpha value is -2.60. The van der Waals surface area contributed by atoms with Gasteiger partial charge >= 0.3 is 5.97 Å². The van der Waals surface area contributed by atoms with E-state index in [4.69, 9.17) is 15.6 Å². The molecular weight excluding hydrogens is 232 g/mol. The maximum atomic E-state index is 11.0. The van der Waals surface area contributed by atoms with Gasteiger partial charge in [-0.3, -0.25) is 0 Å². The van der Waals surface area contributed by atoms with Crippen LogP contribution in [0, 0.1) is 22.7 Å². The average Bonchev–Trinajstić information content (AvgIpc) is 2.37. The van der Waals surface area contributed by atoms with Crippen LogP contribution in [0.15, 0.2) is 12.1 Å². The van der Waals surface area contributed by atoms with Crippen LogP contribution in [0.3, 0.4) is 0 Å². The minimum atomic E-state index is -1.05. The highest BCUT2D eigenvalue weighted by Gasteiger charge is 2.12. The summed E-state index contributed by atoms with van der Waals surface area (Å²) in [5.41, 5.74) is 0.725. The predicted molar refractivity (Wildman–Crippen MR) is 64.0 cm³/mol. The van der Waals surface area contributed by atoms with E-state index in [2.05, 4.69) is 4.98 Å². The molecule has 1 heterocycles. The van der Waals surface area contributed by atoms with Crippen molar-refractivity contribution in [3.63, 3.8) is 0 Å². The van der Waals surface area contributed by atoms with Gasteiger partial charge in [0.1, 0.15) is 18.9 Å². The first kappa shape index (κ1) is 13.5. The highest BCUT2D eigenvalue weighted by Crippen LogP contribution is 2.15. The van der Waals surface area contributed by atoms with Crippen molar-refractivity contribution in [3.05, 3.63) is 23.4 Å². The van der Waals surface area contributed by atoms with E-state index in [0.29, 0.717) is 17.9 Å². The van der Waals surface area contributed by atoms with Crippen LogP contribution in [0.1, 0.15) is 23.0 Å². The van der Waals surface area contributed by atoms with Gasteiger partial charge in [0.15, 0.2) is 0 Å². The number of carboxylic acids is 1. The zero-order valence-corrected chi connectivity index (χ0v) is 9.92. The number of nitrogens with zero attached hydrogens (tertiary/aromatic N) is 4. The summed E-state index contributed by atoms with van der Waals surface area (Å²) in [6.07, 6.45) is 0.584. The molecule has 0 aromatic carbocycles. The molecule has 1 rings (SSSR count). The Kier molecular flexibility index (Phi) is 4.65. The Bertz CT molecular complexity index is 512. The van der Waals surface area contributed by atoms with Gasteiger partial charge in [-0.2, -0.15) is 10.5 Å². The van der Waals surface area contributed by atoms with Crippen molar-refractivity contribution in [2.75, 3.05) is 18.0 Å². The van der Waals surface area contributed by atoms with Gasteiger partial charge in [0.05, 0.1) is 17.7 Å². The summed E-state index contributed by atoms with van der Waals surface area (Å²) < 4.78 is 0. The van der Waals surface area contributed by atoms with Crippen LogP contribution in [0.4, 0.5) is 5.82 Å². The van der Waals surface area contributed by atoms with Crippen LogP contribution in [0.5, 0.6) is 0 Å². The van der Waals surface area contributed by atoms with Gasteiger partial charge in [-0.1, -0.05) is 6.92 Å². The summed E-state index contributed by atoms with van der Waals surface area (Å²) in [5, 5.41) is 26.4. The molecule has 0 atom stereocenters. The first-order valence-corrected chi connectivity index (χ1v) is 5.35. The van der Waals surface area contributed by atoms with Gasteiger partial charge in [-0.15, -0.1) is 0 Å². The number of aryl methyl sites for hydroxylation is 1. The summed E-state index contributed by atoms with van der Waals surface area (Å²) >= 11 is 0. The second-order valence-corrected chi connectivity index (χ2v) is 3.54. The molecule has 0 spiro atoms. The molecule has 1 aromatic rings. The maximum absolute atomic E-state index is 11.0. The van der Waals surface area contributed by atoms with E-state index in [-0.39, 0.29) is 18.7 Å². The Balaban J connectivity index is 3.21. The van der Waals surface area contributed by atoms with Gasteiger partial charge in [-0.25, -0.2) is 9.78 Å². The van der Waals surface area contributed by atoms with Crippen molar-refractivity contribution in [2.45, 2.75) is 13.3 Å². The minimum Gasteiger partial charge on any atom is -0.478 e. The Morgan fingerprint density at radius 3 is 2.44 bits per heavy atom. The lowest BCUT2D eigenvalue weighted by Crippen LogP contribution is -2.25. The quantitative estimate of drug-likeness (QED) is 0.781. The van der Waals surface area contributed by atoms with Crippen LogP contribution < -0.4 is 4.90 Å². The number of pyridine rings is 1. The second kappa shape index (κ2) is 6.21. The molecule has 6 heteroatoms. The molecule has 0 unspecified atom stereocenters. The molecule has 92 valence electrons. The van der Waals surface area contributed by atoms with Crippen LogP contribution in [0.25, 0.3) is 0 Å². The molecule has 1 N–H and O–H groups in total. The normalized spacial score (nSPS) is 9.28. The second-order valence-electron chi connectivity index (χ2n) is 3.54. The third kappa shape index (κ3) is 3.19. The standard InChI is InChI=1S/C12H12N4O2/c1-2-10-7-9(12(17)18)8-11(15-10)16(5-3-13)6-4-14/h7-8H,2,5-6H2,1H3,(H,17,18). The molecule has 6 nitrogen and oxygen atoms in total. The fraction of sp³-hybridized carbons (Fsp3) is 0.333. The van der Waals surface area contributed by atoms with Crippen molar-refractivity contribution >= 4 is 11.8 Å². The number of rotatable bonds is 5. The molecule has 0 saturated heterocycles. The van der Waals surface area contributed by atoms with Gasteiger partial charge in [0.2, 0.25) is 0 Å². The number of anilines is 1. The zero-order valence-electron chi connectivity index (χ0n) is 9.92. The van der Waals surface area contributed by atoms with Crippen LogP contribution in [0.2, 0.25) is 0 Å². The number of carboxylic acid groups (broad SMARTS) is 1. The molecule has 18 heavy (non-hydrogen) atoms. The van der Waals surface area contributed by atoms with Crippen molar-refractivity contribution in [2.24, 2.45) is 0 Å². The summed E-state index contributed by atoms with van der Waals surface area (Å²) in [6.45, 7) is 1.84. The monoisotopic (exact) mass is 244 g/mol. The largest absolute Gasteiger partial charge is 0.478 e. The van der Waals surface area contributed by atoms with Gasteiger partial charge < -0.3 is 10.0 Å². The molecule has 0 saturated carbocycles. The summed E-state index contributed by atoms with van der Waals surface area (Å²) in [5.74, 6) is -0.711. The lowest BCUT2D eigenvalue weighted by atomic mass is 10.2. The van der Waals surface area contributed by atoms with Crippen LogP contribution in [-0.4, -0.2) is 29.1 Å². The zero-order chi connectivity index (χ0) is 13.5. The van der Waals surface area contributed by atoms with Crippen molar-refractivity contribution in [1.82, 2.24) is 4.98 Å². The van der Waals surface area contributed by atoms with E-state index >= 15 is 0 Å². The lowest BCUT2D eigenvalue weighted by molar-refractivity contribution is 0.0696. The smallest absolute Gasteiger partial charge is 0.335 e. The van der Waals surface area contributed by atoms with E-state index in [0.717, 1.165) is 0 Å². The Morgan fingerprint density at radius 2 is 2.00 bits per heavy atom. The van der Waals surface area contributed by atoms with E-state index in [1.54, 1.807) is 0 Å².